The van der Waals surface area contributed by atoms with Crippen molar-refractivity contribution < 1.29 is 4.79 Å². The van der Waals surface area contributed by atoms with Gasteiger partial charge in [0.25, 0.3) is 5.91 Å². The maximum Gasteiger partial charge on any atom is 0.269 e. The van der Waals surface area contributed by atoms with Crippen LogP contribution in [0.2, 0.25) is 0 Å². The first-order valence-corrected chi connectivity index (χ1v) is 8.39. The van der Waals surface area contributed by atoms with E-state index in [1.54, 1.807) is 12.3 Å². The van der Waals surface area contributed by atoms with Gasteiger partial charge in [0.05, 0.1) is 11.9 Å². The largest absolute Gasteiger partial charge is 0.387 e. The Hall–Kier alpha value is -1.23. The lowest BCUT2D eigenvalue weighted by Gasteiger charge is -2.35. The first-order chi connectivity index (χ1) is 9.69. The molecule has 0 bridgehead atoms. The van der Waals surface area contributed by atoms with Gasteiger partial charge in [-0.25, -0.2) is 4.98 Å². The molecule has 1 saturated carbocycles. The van der Waals surface area contributed by atoms with Crippen molar-refractivity contribution in [2.45, 2.75) is 36.9 Å². The SMILES string of the molecule is CNc1ccc(C(=O)NCC2(SC)CCCCC2)nc1. The smallest absolute Gasteiger partial charge is 0.269 e. The minimum atomic E-state index is -0.0772. The molecule has 110 valence electrons. The zero-order chi connectivity index (χ0) is 14.4. The Morgan fingerprint density at radius 3 is 2.65 bits per heavy atom. The van der Waals surface area contributed by atoms with E-state index in [-0.39, 0.29) is 10.7 Å². The van der Waals surface area contributed by atoms with Gasteiger partial charge in [-0.2, -0.15) is 11.8 Å². The highest BCUT2D eigenvalue weighted by Crippen LogP contribution is 2.37. The fraction of sp³-hybridized carbons (Fsp3) is 0.600. The van der Waals surface area contributed by atoms with Gasteiger partial charge < -0.3 is 10.6 Å². The molecular formula is C15H23N3OS. The summed E-state index contributed by atoms with van der Waals surface area (Å²) in [7, 11) is 1.84. The summed E-state index contributed by atoms with van der Waals surface area (Å²) < 4.78 is 0.221. The second-order valence-electron chi connectivity index (χ2n) is 5.31. The van der Waals surface area contributed by atoms with Crippen LogP contribution in [-0.2, 0) is 0 Å². The summed E-state index contributed by atoms with van der Waals surface area (Å²) in [6.07, 6.45) is 10.1. The summed E-state index contributed by atoms with van der Waals surface area (Å²) in [6, 6.07) is 3.63. The Bertz CT molecular complexity index is 441. The third kappa shape index (κ3) is 3.66. The molecule has 0 spiro atoms. The van der Waals surface area contributed by atoms with Crippen LogP contribution in [0, 0.1) is 0 Å². The molecule has 20 heavy (non-hydrogen) atoms. The van der Waals surface area contributed by atoms with Crippen LogP contribution in [0.15, 0.2) is 18.3 Å². The van der Waals surface area contributed by atoms with Crippen LogP contribution in [0.5, 0.6) is 0 Å². The molecule has 1 aliphatic carbocycles. The number of anilines is 1. The van der Waals surface area contributed by atoms with Gasteiger partial charge in [-0.1, -0.05) is 19.3 Å². The highest BCUT2D eigenvalue weighted by molar-refractivity contribution is 8.00. The minimum absolute atomic E-state index is 0.0772. The van der Waals surface area contributed by atoms with Gasteiger partial charge in [0.2, 0.25) is 0 Å². The molecule has 1 fully saturated rings. The number of carbonyl (C=O) groups is 1. The normalized spacial score (nSPS) is 17.5. The molecule has 1 aliphatic rings. The molecule has 1 amide bonds. The molecule has 0 saturated heterocycles. The summed E-state index contributed by atoms with van der Waals surface area (Å²) in [5.41, 5.74) is 1.39. The van der Waals surface area contributed by atoms with E-state index in [0.717, 1.165) is 12.2 Å². The Labute approximate surface area is 125 Å². The molecule has 2 N–H and O–H groups in total. The average molecular weight is 293 g/mol. The second-order valence-corrected chi connectivity index (χ2v) is 6.59. The van der Waals surface area contributed by atoms with Gasteiger partial charge in [-0.3, -0.25) is 4.79 Å². The van der Waals surface area contributed by atoms with E-state index in [1.807, 2.05) is 24.9 Å². The summed E-state index contributed by atoms with van der Waals surface area (Å²) in [5.74, 6) is -0.0772. The van der Waals surface area contributed by atoms with Crippen LogP contribution in [0.25, 0.3) is 0 Å². The molecule has 4 nitrogen and oxygen atoms in total. The van der Waals surface area contributed by atoms with Crippen molar-refractivity contribution in [3.8, 4) is 0 Å². The summed E-state index contributed by atoms with van der Waals surface area (Å²) in [4.78, 5) is 16.3. The number of carbonyl (C=O) groups excluding carboxylic acids is 1. The zero-order valence-corrected chi connectivity index (χ0v) is 13.1. The van der Waals surface area contributed by atoms with Gasteiger partial charge in [0.15, 0.2) is 0 Å². The van der Waals surface area contributed by atoms with Gasteiger partial charge in [0.1, 0.15) is 5.69 Å². The van der Waals surface area contributed by atoms with E-state index in [1.165, 1.54) is 32.1 Å². The van der Waals surface area contributed by atoms with E-state index >= 15 is 0 Å². The van der Waals surface area contributed by atoms with Crippen LogP contribution in [0.3, 0.4) is 0 Å². The zero-order valence-electron chi connectivity index (χ0n) is 12.2. The van der Waals surface area contributed by atoms with Crippen LogP contribution in [-0.4, -0.2) is 35.5 Å². The number of nitrogens with one attached hydrogen (secondary N) is 2. The molecule has 0 atom stereocenters. The number of hydrogen-bond donors (Lipinski definition) is 2. The highest BCUT2D eigenvalue weighted by Gasteiger charge is 2.31. The van der Waals surface area contributed by atoms with E-state index < -0.39 is 0 Å². The standard InChI is InChI=1S/C15H23N3OS/c1-16-12-6-7-13(17-10-12)14(19)18-11-15(20-2)8-4-3-5-9-15/h6-7,10,16H,3-5,8-9,11H2,1-2H3,(H,18,19). The molecule has 1 heterocycles. The van der Waals surface area contributed by atoms with Crippen molar-refractivity contribution in [1.82, 2.24) is 10.3 Å². The molecule has 2 rings (SSSR count). The Balaban J connectivity index is 1.93. The Morgan fingerprint density at radius 2 is 2.10 bits per heavy atom. The van der Waals surface area contributed by atoms with Gasteiger partial charge in [0, 0.05) is 18.3 Å². The first kappa shape index (κ1) is 15.2. The molecular weight excluding hydrogens is 270 g/mol. The average Bonchev–Trinajstić information content (AvgIpc) is 2.53. The summed E-state index contributed by atoms with van der Waals surface area (Å²) in [5, 5.41) is 6.05. The first-order valence-electron chi connectivity index (χ1n) is 7.16. The fourth-order valence-electron chi connectivity index (χ4n) is 2.66. The molecule has 0 aliphatic heterocycles. The molecule has 1 aromatic heterocycles. The number of amides is 1. The minimum Gasteiger partial charge on any atom is -0.387 e. The number of pyridine rings is 1. The third-order valence-electron chi connectivity index (χ3n) is 4.05. The Kier molecular flexibility index (Phi) is 5.29. The van der Waals surface area contributed by atoms with Crippen molar-refractivity contribution in [1.29, 1.82) is 0 Å². The van der Waals surface area contributed by atoms with Gasteiger partial charge in [-0.15, -0.1) is 0 Å². The monoisotopic (exact) mass is 293 g/mol. The molecule has 0 aromatic carbocycles. The number of hydrogen-bond acceptors (Lipinski definition) is 4. The summed E-state index contributed by atoms with van der Waals surface area (Å²) in [6.45, 7) is 0.739. The number of rotatable bonds is 5. The van der Waals surface area contributed by atoms with E-state index in [4.69, 9.17) is 0 Å². The number of nitrogens with zero attached hydrogens (tertiary/aromatic N) is 1. The van der Waals surface area contributed by atoms with Gasteiger partial charge in [-0.05, 0) is 31.2 Å². The molecule has 1 aromatic rings. The van der Waals surface area contributed by atoms with Crippen molar-refractivity contribution in [2.75, 3.05) is 25.2 Å². The second kappa shape index (κ2) is 6.97. The molecule has 0 unspecified atom stereocenters. The topological polar surface area (TPSA) is 54.0 Å². The third-order valence-corrected chi connectivity index (χ3v) is 5.47. The predicted octanol–water partition coefficient (Wildman–Crippen LogP) is 2.92. The maximum absolute atomic E-state index is 12.1. The van der Waals surface area contributed by atoms with E-state index in [9.17, 15) is 4.79 Å². The summed E-state index contributed by atoms with van der Waals surface area (Å²) >= 11 is 1.89. The van der Waals surface area contributed by atoms with Crippen LogP contribution < -0.4 is 10.6 Å². The number of thioether (sulfide) groups is 1. The highest BCUT2D eigenvalue weighted by atomic mass is 32.2. The maximum atomic E-state index is 12.1. The lowest BCUT2D eigenvalue weighted by atomic mass is 9.88. The fourth-order valence-corrected chi connectivity index (χ4v) is 3.57. The van der Waals surface area contributed by atoms with Crippen LogP contribution in [0.4, 0.5) is 5.69 Å². The van der Waals surface area contributed by atoms with Crippen molar-refractivity contribution in [3.63, 3.8) is 0 Å². The van der Waals surface area contributed by atoms with E-state index in [0.29, 0.717) is 5.69 Å². The molecule has 0 radical (unpaired) electrons. The molecule has 5 heteroatoms. The predicted molar refractivity (Wildman–Crippen MR) is 85.4 cm³/mol. The van der Waals surface area contributed by atoms with Gasteiger partial charge >= 0.3 is 0 Å². The lowest BCUT2D eigenvalue weighted by Crippen LogP contribution is -2.41. The Morgan fingerprint density at radius 1 is 1.35 bits per heavy atom. The van der Waals surface area contributed by atoms with Crippen molar-refractivity contribution in [3.05, 3.63) is 24.0 Å². The van der Waals surface area contributed by atoms with Crippen molar-refractivity contribution in [2.24, 2.45) is 0 Å². The van der Waals surface area contributed by atoms with Crippen molar-refractivity contribution >= 4 is 23.4 Å². The number of aromatic nitrogens is 1. The van der Waals surface area contributed by atoms with E-state index in [2.05, 4.69) is 21.9 Å². The lowest BCUT2D eigenvalue weighted by molar-refractivity contribution is 0.0942. The van der Waals surface area contributed by atoms with Crippen LogP contribution in [0.1, 0.15) is 42.6 Å². The van der Waals surface area contributed by atoms with Crippen LogP contribution >= 0.6 is 11.8 Å². The quantitative estimate of drug-likeness (QED) is 0.876.